The first-order valence-electron chi connectivity index (χ1n) is 7.25. The highest BCUT2D eigenvalue weighted by Crippen LogP contribution is 2.19. The Bertz CT molecular complexity index is 543. The van der Waals surface area contributed by atoms with E-state index in [1.54, 1.807) is 7.11 Å². The number of ether oxygens (including phenoxy) is 2. The number of methoxy groups -OCH3 is 1. The van der Waals surface area contributed by atoms with Crippen LogP contribution in [0.2, 0.25) is 0 Å². The lowest BCUT2D eigenvalue weighted by atomic mass is 10.1. The van der Waals surface area contributed by atoms with Crippen molar-refractivity contribution in [2.24, 2.45) is 0 Å². The molecule has 0 saturated carbocycles. The number of rotatable bonds is 8. The van der Waals surface area contributed by atoms with Crippen LogP contribution in [-0.4, -0.2) is 20.3 Å². The maximum absolute atomic E-state index is 5.95. The number of hydrogen-bond acceptors (Lipinski definition) is 3. The van der Waals surface area contributed by atoms with Crippen LogP contribution in [0.1, 0.15) is 16.7 Å². The van der Waals surface area contributed by atoms with Gasteiger partial charge in [-0.25, -0.2) is 0 Å². The number of aryl methyl sites for hydroxylation is 1. The summed E-state index contributed by atoms with van der Waals surface area (Å²) in [6, 6.07) is 16.6. The summed E-state index contributed by atoms with van der Waals surface area (Å²) in [6.45, 7) is 5.02. The molecule has 0 aliphatic heterocycles. The highest BCUT2D eigenvalue weighted by Gasteiger charge is 2.03. The lowest BCUT2D eigenvalue weighted by Gasteiger charge is -2.12. The van der Waals surface area contributed by atoms with Gasteiger partial charge in [0.2, 0.25) is 0 Å². The van der Waals surface area contributed by atoms with E-state index in [9.17, 15) is 0 Å². The first-order chi connectivity index (χ1) is 10.3. The van der Waals surface area contributed by atoms with Crippen molar-refractivity contribution in [1.29, 1.82) is 0 Å². The lowest BCUT2D eigenvalue weighted by molar-refractivity contribution is 0.199. The fourth-order valence-electron chi connectivity index (χ4n) is 2.03. The van der Waals surface area contributed by atoms with Crippen molar-refractivity contribution in [2.75, 3.05) is 20.3 Å². The molecular weight excluding hydrogens is 298 g/mol. The zero-order valence-corrected chi connectivity index (χ0v) is 14.0. The summed E-state index contributed by atoms with van der Waals surface area (Å²) in [4.78, 5) is 0. The number of hydrogen-bond donors (Lipinski definition) is 1. The largest absolute Gasteiger partial charge is 0.489 e. The van der Waals surface area contributed by atoms with E-state index in [1.807, 2.05) is 18.2 Å². The van der Waals surface area contributed by atoms with E-state index in [0.29, 0.717) is 13.2 Å². The Morgan fingerprint density at radius 3 is 2.45 bits per heavy atom. The fraction of sp³-hybridized carbons (Fsp3) is 0.333. The van der Waals surface area contributed by atoms with Gasteiger partial charge in [-0.2, -0.15) is 0 Å². The van der Waals surface area contributed by atoms with Crippen LogP contribution in [0, 0.1) is 6.92 Å². The van der Waals surface area contributed by atoms with Gasteiger partial charge in [-0.15, -0.1) is 12.4 Å². The molecule has 22 heavy (non-hydrogen) atoms. The Morgan fingerprint density at radius 2 is 1.73 bits per heavy atom. The van der Waals surface area contributed by atoms with Crippen LogP contribution in [0.25, 0.3) is 0 Å². The Labute approximate surface area is 139 Å². The monoisotopic (exact) mass is 321 g/mol. The number of benzene rings is 2. The van der Waals surface area contributed by atoms with Gasteiger partial charge in [0.25, 0.3) is 0 Å². The highest BCUT2D eigenvalue weighted by atomic mass is 35.5. The number of halogens is 1. The van der Waals surface area contributed by atoms with Crippen molar-refractivity contribution < 1.29 is 9.47 Å². The molecule has 0 aliphatic carbocycles. The molecule has 3 nitrogen and oxygen atoms in total. The second kappa shape index (κ2) is 10.2. The molecule has 120 valence electrons. The standard InChI is InChI=1S/C18H23NO2.ClH/c1-15-7-9-16(10-8-15)14-21-18-6-4-3-5-17(18)13-19-11-12-20-2;/h3-10,19H,11-14H2,1-2H3;1H. The van der Waals surface area contributed by atoms with E-state index in [2.05, 4.69) is 42.6 Å². The molecule has 2 rings (SSSR count). The summed E-state index contributed by atoms with van der Waals surface area (Å²) < 4.78 is 11.0. The molecule has 0 bridgehead atoms. The molecular formula is C18H24ClNO2. The fourth-order valence-corrected chi connectivity index (χ4v) is 2.03. The molecule has 0 radical (unpaired) electrons. The molecule has 0 aromatic heterocycles. The molecule has 0 saturated heterocycles. The van der Waals surface area contributed by atoms with Gasteiger partial charge >= 0.3 is 0 Å². The minimum atomic E-state index is 0. The molecule has 2 aromatic rings. The first kappa shape index (κ1) is 18.5. The Kier molecular flexibility index (Phi) is 8.60. The predicted molar refractivity (Wildman–Crippen MR) is 92.8 cm³/mol. The summed E-state index contributed by atoms with van der Waals surface area (Å²) in [5, 5.41) is 3.34. The number of nitrogens with one attached hydrogen (secondary N) is 1. The van der Waals surface area contributed by atoms with Crippen LogP contribution in [0.5, 0.6) is 5.75 Å². The summed E-state index contributed by atoms with van der Waals surface area (Å²) in [7, 11) is 1.71. The van der Waals surface area contributed by atoms with E-state index < -0.39 is 0 Å². The molecule has 0 amide bonds. The smallest absolute Gasteiger partial charge is 0.124 e. The van der Waals surface area contributed by atoms with Crippen molar-refractivity contribution in [2.45, 2.75) is 20.1 Å². The van der Waals surface area contributed by atoms with E-state index in [0.717, 1.165) is 18.8 Å². The van der Waals surface area contributed by atoms with Crippen molar-refractivity contribution in [3.8, 4) is 5.75 Å². The van der Waals surface area contributed by atoms with Crippen LogP contribution < -0.4 is 10.1 Å². The molecule has 4 heteroatoms. The SMILES string of the molecule is COCCNCc1ccccc1OCc1ccc(C)cc1.Cl. The zero-order valence-electron chi connectivity index (χ0n) is 13.2. The Balaban J connectivity index is 0.00000242. The summed E-state index contributed by atoms with van der Waals surface area (Å²) in [5.41, 5.74) is 3.62. The molecule has 1 N–H and O–H groups in total. The quantitative estimate of drug-likeness (QED) is 0.751. The van der Waals surface area contributed by atoms with Crippen molar-refractivity contribution in [3.63, 3.8) is 0 Å². The molecule has 0 atom stereocenters. The van der Waals surface area contributed by atoms with E-state index in [-0.39, 0.29) is 12.4 Å². The molecule has 0 spiro atoms. The van der Waals surface area contributed by atoms with E-state index in [4.69, 9.17) is 9.47 Å². The average Bonchev–Trinajstić information content (AvgIpc) is 2.52. The normalized spacial score (nSPS) is 10.1. The van der Waals surface area contributed by atoms with Gasteiger partial charge < -0.3 is 14.8 Å². The van der Waals surface area contributed by atoms with Gasteiger partial charge in [0, 0.05) is 25.8 Å². The van der Waals surface area contributed by atoms with Crippen LogP contribution in [0.15, 0.2) is 48.5 Å². The second-order valence-corrected chi connectivity index (χ2v) is 5.05. The van der Waals surface area contributed by atoms with Crippen molar-refractivity contribution >= 4 is 12.4 Å². The highest BCUT2D eigenvalue weighted by molar-refractivity contribution is 5.85. The average molecular weight is 322 g/mol. The van der Waals surface area contributed by atoms with E-state index in [1.165, 1.54) is 16.7 Å². The van der Waals surface area contributed by atoms with Crippen molar-refractivity contribution in [1.82, 2.24) is 5.32 Å². The van der Waals surface area contributed by atoms with Gasteiger partial charge in [0.1, 0.15) is 12.4 Å². The second-order valence-electron chi connectivity index (χ2n) is 5.05. The number of para-hydroxylation sites is 1. The van der Waals surface area contributed by atoms with Gasteiger partial charge in [-0.1, -0.05) is 48.0 Å². The topological polar surface area (TPSA) is 30.5 Å². The van der Waals surface area contributed by atoms with Crippen molar-refractivity contribution in [3.05, 3.63) is 65.2 Å². The van der Waals surface area contributed by atoms with Gasteiger partial charge in [0.15, 0.2) is 0 Å². The van der Waals surface area contributed by atoms with Crippen LogP contribution in [-0.2, 0) is 17.9 Å². The van der Waals surface area contributed by atoms with E-state index >= 15 is 0 Å². The zero-order chi connectivity index (χ0) is 14.9. The van der Waals surface area contributed by atoms with Crippen LogP contribution in [0.4, 0.5) is 0 Å². The van der Waals surface area contributed by atoms with Gasteiger partial charge in [-0.05, 0) is 18.6 Å². The third kappa shape index (κ3) is 6.06. The van der Waals surface area contributed by atoms with Gasteiger partial charge in [-0.3, -0.25) is 0 Å². The maximum atomic E-state index is 5.95. The molecule has 0 unspecified atom stereocenters. The first-order valence-corrected chi connectivity index (χ1v) is 7.25. The molecule has 0 aliphatic rings. The molecule has 0 fully saturated rings. The summed E-state index contributed by atoms with van der Waals surface area (Å²) >= 11 is 0. The van der Waals surface area contributed by atoms with Crippen LogP contribution >= 0.6 is 12.4 Å². The van der Waals surface area contributed by atoms with Crippen LogP contribution in [0.3, 0.4) is 0 Å². The molecule has 0 heterocycles. The van der Waals surface area contributed by atoms with Gasteiger partial charge in [0.05, 0.1) is 6.61 Å². The minimum Gasteiger partial charge on any atom is -0.489 e. The summed E-state index contributed by atoms with van der Waals surface area (Å²) in [6.07, 6.45) is 0. The third-order valence-electron chi connectivity index (χ3n) is 3.29. The summed E-state index contributed by atoms with van der Waals surface area (Å²) in [5.74, 6) is 0.933. The predicted octanol–water partition coefficient (Wildman–Crippen LogP) is 3.73. The lowest BCUT2D eigenvalue weighted by Crippen LogP contribution is -2.19. The Hall–Kier alpha value is -1.55. The third-order valence-corrected chi connectivity index (χ3v) is 3.29. The maximum Gasteiger partial charge on any atom is 0.124 e. The Morgan fingerprint density at radius 1 is 1.00 bits per heavy atom. The minimum absolute atomic E-state index is 0. The molecule has 2 aromatic carbocycles.